The van der Waals surface area contributed by atoms with E-state index in [1.165, 1.54) is 6.42 Å². The van der Waals surface area contributed by atoms with Gasteiger partial charge in [0.15, 0.2) is 0 Å². The van der Waals surface area contributed by atoms with E-state index >= 15 is 0 Å². The van der Waals surface area contributed by atoms with E-state index in [4.69, 9.17) is 5.11 Å². The molecule has 0 radical (unpaired) electrons. The van der Waals surface area contributed by atoms with Crippen molar-refractivity contribution in [3.05, 3.63) is 0 Å². The summed E-state index contributed by atoms with van der Waals surface area (Å²) in [6.07, 6.45) is 7.15. The van der Waals surface area contributed by atoms with Gasteiger partial charge in [-0.3, -0.25) is 4.79 Å². The summed E-state index contributed by atoms with van der Waals surface area (Å²) in [5, 5.41) is 14.8. The number of hydrogen-bond donors (Lipinski definition) is 3. The zero-order valence-corrected chi connectivity index (χ0v) is 11.6. The van der Waals surface area contributed by atoms with Crippen LogP contribution in [0.2, 0.25) is 0 Å². The van der Waals surface area contributed by atoms with Crippen LogP contribution < -0.4 is 10.6 Å². The van der Waals surface area contributed by atoms with Crippen molar-refractivity contribution >= 4 is 23.8 Å². The monoisotopic (exact) mass is 274 g/mol. The van der Waals surface area contributed by atoms with Crippen molar-refractivity contribution in [2.75, 3.05) is 12.8 Å². The van der Waals surface area contributed by atoms with E-state index in [-0.39, 0.29) is 18.5 Å². The Bertz CT molecular complexity index is 286. The minimum absolute atomic E-state index is 0.0955. The second kappa shape index (κ2) is 8.24. The fourth-order valence-corrected chi connectivity index (χ4v) is 3.00. The van der Waals surface area contributed by atoms with Gasteiger partial charge in [0.05, 0.1) is 0 Å². The lowest BCUT2D eigenvalue weighted by molar-refractivity contribution is -0.137. The number of carbonyl (C=O) groups is 2. The summed E-state index contributed by atoms with van der Waals surface area (Å²) in [5.41, 5.74) is 0. The van der Waals surface area contributed by atoms with Gasteiger partial charge in [0.1, 0.15) is 0 Å². The predicted octanol–water partition coefficient (Wildman–Crippen LogP) is 1.82. The molecule has 2 atom stereocenters. The number of hydrogen-bond acceptors (Lipinski definition) is 3. The van der Waals surface area contributed by atoms with E-state index in [2.05, 4.69) is 16.9 Å². The zero-order chi connectivity index (χ0) is 13.4. The highest BCUT2D eigenvalue weighted by Gasteiger charge is 2.22. The molecule has 0 aromatic carbocycles. The molecule has 2 unspecified atom stereocenters. The maximum absolute atomic E-state index is 11.6. The molecule has 0 heterocycles. The van der Waals surface area contributed by atoms with Crippen molar-refractivity contribution in [1.29, 1.82) is 0 Å². The SMILES string of the molecule is CSC1CCCC(NC(=O)NCCCC(=O)O)C1. The van der Waals surface area contributed by atoms with Crippen molar-refractivity contribution in [3.63, 3.8) is 0 Å². The van der Waals surface area contributed by atoms with Crippen molar-refractivity contribution in [1.82, 2.24) is 10.6 Å². The van der Waals surface area contributed by atoms with Gasteiger partial charge in [0, 0.05) is 24.3 Å². The molecule has 1 aliphatic rings. The van der Waals surface area contributed by atoms with Gasteiger partial charge >= 0.3 is 12.0 Å². The lowest BCUT2D eigenvalue weighted by atomic mass is 9.95. The normalized spacial score (nSPS) is 23.4. The number of carbonyl (C=O) groups excluding carboxylic acids is 1. The number of carboxylic acid groups (broad SMARTS) is 1. The number of thioether (sulfide) groups is 1. The van der Waals surface area contributed by atoms with Crippen LogP contribution in [0.4, 0.5) is 4.79 Å². The Kier molecular flexibility index (Phi) is 6.93. The Morgan fingerprint density at radius 2 is 2.17 bits per heavy atom. The molecule has 1 rings (SSSR count). The first-order chi connectivity index (χ1) is 8.61. The first-order valence-corrected chi connectivity index (χ1v) is 7.69. The smallest absolute Gasteiger partial charge is 0.315 e. The van der Waals surface area contributed by atoms with Gasteiger partial charge < -0.3 is 15.7 Å². The molecular weight excluding hydrogens is 252 g/mol. The van der Waals surface area contributed by atoms with Crippen LogP contribution in [0.5, 0.6) is 0 Å². The molecular formula is C12H22N2O3S. The molecule has 0 saturated heterocycles. The summed E-state index contributed by atoms with van der Waals surface area (Å²) in [7, 11) is 0. The zero-order valence-electron chi connectivity index (χ0n) is 10.8. The fraction of sp³-hybridized carbons (Fsp3) is 0.833. The van der Waals surface area contributed by atoms with Crippen molar-refractivity contribution in [2.24, 2.45) is 0 Å². The summed E-state index contributed by atoms with van der Waals surface area (Å²) in [5.74, 6) is -0.827. The number of aliphatic carboxylic acids is 1. The number of rotatable bonds is 6. The number of carboxylic acids is 1. The van der Waals surface area contributed by atoms with Crippen LogP contribution in [0.25, 0.3) is 0 Å². The molecule has 1 aliphatic carbocycles. The summed E-state index contributed by atoms with van der Waals surface area (Å²) in [6.45, 7) is 0.414. The minimum Gasteiger partial charge on any atom is -0.481 e. The van der Waals surface area contributed by atoms with Crippen LogP contribution in [-0.4, -0.2) is 41.2 Å². The molecule has 3 N–H and O–H groups in total. The summed E-state index contributed by atoms with van der Waals surface area (Å²) in [4.78, 5) is 21.9. The van der Waals surface area contributed by atoms with Gasteiger partial charge in [-0.2, -0.15) is 11.8 Å². The molecule has 0 aromatic rings. The molecule has 0 aliphatic heterocycles. The average molecular weight is 274 g/mol. The molecule has 0 aromatic heterocycles. The van der Waals surface area contributed by atoms with Gasteiger partial charge in [-0.05, 0) is 31.9 Å². The predicted molar refractivity (Wildman–Crippen MR) is 73.0 cm³/mol. The first kappa shape index (κ1) is 15.1. The maximum atomic E-state index is 11.6. The van der Waals surface area contributed by atoms with E-state index in [1.54, 1.807) is 0 Å². The van der Waals surface area contributed by atoms with Gasteiger partial charge in [0.2, 0.25) is 0 Å². The molecule has 2 amide bonds. The fourth-order valence-electron chi connectivity index (χ4n) is 2.17. The third kappa shape index (κ3) is 6.14. The number of amides is 2. The Morgan fingerprint density at radius 1 is 1.39 bits per heavy atom. The van der Waals surface area contributed by atoms with E-state index < -0.39 is 5.97 Å². The van der Waals surface area contributed by atoms with Crippen molar-refractivity contribution < 1.29 is 14.7 Å². The molecule has 0 spiro atoms. The summed E-state index contributed by atoms with van der Waals surface area (Å²) < 4.78 is 0. The van der Waals surface area contributed by atoms with E-state index in [1.807, 2.05) is 11.8 Å². The van der Waals surface area contributed by atoms with Crippen LogP contribution >= 0.6 is 11.8 Å². The lowest BCUT2D eigenvalue weighted by Crippen LogP contribution is -2.44. The summed E-state index contributed by atoms with van der Waals surface area (Å²) >= 11 is 1.86. The Hall–Kier alpha value is -0.910. The van der Waals surface area contributed by atoms with Gasteiger partial charge in [-0.25, -0.2) is 4.79 Å². The molecule has 0 bridgehead atoms. The molecule has 1 saturated carbocycles. The molecule has 1 fully saturated rings. The summed E-state index contributed by atoms with van der Waals surface area (Å²) in [6, 6.07) is 0.0859. The lowest BCUT2D eigenvalue weighted by Gasteiger charge is -2.28. The van der Waals surface area contributed by atoms with Crippen LogP contribution in [-0.2, 0) is 4.79 Å². The van der Waals surface area contributed by atoms with Crippen LogP contribution in [0.15, 0.2) is 0 Å². The number of urea groups is 1. The van der Waals surface area contributed by atoms with Gasteiger partial charge in [-0.1, -0.05) is 6.42 Å². The highest BCUT2D eigenvalue weighted by atomic mass is 32.2. The molecule has 5 nitrogen and oxygen atoms in total. The third-order valence-electron chi connectivity index (χ3n) is 3.15. The van der Waals surface area contributed by atoms with Gasteiger partial charge in [0.25, 0.3) is 0 Å². The maximum Gasteiger partial charge on any atom is 0.315 e. The van der Waals surface area contributed by atoms with E-state index in [0.717, 1.165) is 19.3 Å². The van der Waals surface area contributed by atoms with E-state index in [0.29, 0.717) is 18.2 Å². The largest absolute Gasteiger partial charge is 0.481 e. The van der Waals surface area contributed by atoms with Crippen molar-refractivity contribution in [3.8, 4) is 0 Å². The second-order valence-electron chi connectivity index (χ2n) is 4.62. The Morgan fingerprint density at radius 3 is 2.83 bits per heavy atom. The molecule has 18 heavy (non-hydrogen) atoms. The third-order valence-corrected chi connectivity index (χ3v) is 4.24. The Balaban J connectivity index is 2.13. The van der Waals surface area contributed by atoms with Crippen LogP contribution in [0.1, 0.15) is 38.5 Å². The standard InChI is InChI=1S/C12H22N2O3S/c1-18-10-5-2-4-9(8-10)14-12(17)13-7-3-6-11(15)16/h9-10H,2-8H2,1H3,(H,15,16)(H2,13,14,17). The number of nitrogens with one attached hydrogen (secondary N) is 2. The van der Waals surface area contributed by atoms with E-state index in [9.17, 15) is 9.59 Å². The molecule has 6 heteroatoms. The highest BCUT2D eigenvalue weighted by Crippen LogP contribution is 2.26. The highest BCUT2D eigenvalue weighted by molar-refractivity contribution is 7.99. The quantitative estimate of drug-likeness (QED) is 0.646. The first-order valence-electron chi connectivity index (χ1n) is 6.40. The second-order valence-corrected chi connectivity index (χ2v) is 5.76. The average Bonchev–Trinajstić information content (AvgIpc) is 2.34. The topological polar surface area (TPSA) is 78.4 Å². The molecule has 104 valence electrons. The van der Waals surface area contributed by atoms with Gasteiger partial charge in [-0.15, -0.1) is 0 Å². The minimum atomic E-state index is -0.827. The van der Waals surface area contributed by atoms with Crippen LogP contribution in [0, 0.1) is 0 Å². The van der Waals surface area contributed by atoms with Crippen molar-refractivity contribution in [2.45, 2.75) is 49.8 Å². The van der Waals surface area contributed by atoms with Crippen LogP contribution in [0.3, 0.4) is 0 Å². The Labute approximate surface area is 112 Å².